The molecule has 1 aromatic heterocycles. The summed E-state index contributed by atoms with van der Waals surface area (Å²) in [5, 5.41) is 0. The zero-order valence-electron chi connectivity index (χ0n) is 14.4. The summed E-state index contributed by atoms with van der Waals surface area (Å²) in [6, 6.07) is 6.34. The molecule has 1 saturated heterocycles. The highest BCUT2D eigenvalue weighted by atomic mass is 16.2. The van der Waals surface area contributed by atoms with Gasteiger partial charge in [-0.05, 0) is 38.8 Å². The molecular weight excluding hydrogens is 288 g/mol. The maximum Gasteiger partial charge on any atom is 0.254 e. The topological polar surface area (TPSA) is 55.1 Å². The van der Waals surface area contributed by atoms with Crippen LogP contribution in [0.2, 0.25) is 0 Å². The van der Waals surface area contributed by atoms with Crippen molar-refractivity contribution in [1.29, 1.82) is 0 Å². The molecule has 23 heavy (non-hydrogen) atoms. The second-order valence-corrected chi connectivity index (χ2v) is 6.37. The summed E-state index contributed by atoms with van der Waals surface area (Å²) >= 11 is 0. The fourth-order valence-electron chi connectivity index (χ4n) is 3.68. The van der Waals surface area contributed by atoms with E-state index in [1.807, 2.05) is 11.0 Å². The van der Waals surface area contributed by atoms with Gasteiger partial charge in [0.15, 0.2) is 11.0 Å². The standard InChI is InChI=1S/C18H27N4O/c1-4-21-13(3)22(5-2)17-12-14(6-7-16(17)21)18(23)20-10-8-15(19)9-11-20/h6-7,12,15H,4-5,8-11,19H2,1-3H3/q+1. The van der Waals surface area contributed by atoms with Crippen molar-refractivity contribution in [2.75, 3.05) is 13.1 Å². The molecule has 2 N–H and O–H groups in total. The Morgan fingerprint density at radius 1 is 1.30 bits per heavy atom. The lowest BCUT2D eigenvalue weighted by molar-refractivity contribution is -0.674. The zero-order chi connectivity index (χ0) is 16.6. The van der Waals surface area contributed by atoms with Crippen molar-refractivity contribution < 1.29 is 9.36 Å². The van der Waals surface area contributed by atoms with E-state index in [9.17, 15) is 4.79 Å². The molecule has 124 valence electrons. The minimum atomic E-state index is 0.128. The van der Waals surface area contributed by atoms with Crippen LogP contribution in [0.25, 0.3) is 11.0 Å². The van der Waals surface area contributed by atoms with Crippen molar-refractivity contribution in [2.45, 2.75) is 52.7 Å². The lowest BCUT2D eigenvalue weighted by Gasteiger charge is -2.30. The van der Waals surface area contributed by atoms with E-state index in [1.54, 1.807) is 0 Å². The van der Waals surface area contributed by atoms with Crippen LogP contribution in [0.15, 0.2) is 18.2 Å². The Kier molecular flexibility index (Phi) is 4.39. The molecular formula is C18H27N4O+. The van der Waals surface area contributed by atoms with Crippen LogP contribution in [-0.4, -0.2) is 34.5 Å². The van der Waals surface area contributed by atoms with Crippen LogP contribution in [0, 0.1) is 6.92 Å². The third kappa shape index (κ3) is 2.74. The third-order valence-electron chi connectivity index (χ3n) is 5.04. The van der Waals surface area contributed by atoms with Crippen molar-refractivity contribution >= 4 is 16.9 Å². The molecule has 1 amide bonds. The summed E-state index contributed by atoms with van der Waals surface area (Å²) in [7, 11) is 0. The molecule has 0 bridgehead atoms. The first-order valence-electron chi connectivity index (χ1n) is 8.64. The van der Waals surface area contributed by atoms with Crippen LogP contribution in [0.1, 0.15) is 42.9 Å². The number of likely N-dealkylation sites (tertiary alicyclic amines) is 1. The Balaban J connectivity index is 1.98. The lowest BCUT2D eigenvalue weighted by atomic mass is 10.0. The predicted octanol–water partition coefficient (Wildman–Crippen LogP) is 1.84. The number of hydrogen-bond donors (Lipinski definition) is 1. The Morgan fingerprint density at radius 2 is 2.00 bits per heavy atom. The molecule has 2 aromatic rings. The van der Waals surface area contributed by atoms with Gasteiger partial charge >= 0.3 is 0 Å². The molecule has 3 rings (SSSR count). The number of aromatic nitrogens is 2. The number of nitrogens with two attached hydrogens (primary N) is 1. The minimum absolute atomic E-state index is 0.128. The third-order valence-corrected chi connectivity index (χ3v) is 5.04. The number of hydrogen-bond acceptors (Lipinski definition) is 2. The first kappa shape index (κ1) is 16.0. The number of carbonyl (C=O) groups excluding carboxylic acids is 1. The van der Waals surface area contributed by atoms with Gasteiger partial charge in [-0.1, -0.05) is 0 Å². The SMILES string of the molecule is CCn1c(C)[n+](CC)c2ccc(C(=O)N3CCC(N)CC3)cc21. The number of amides is 1. The highest BCUT2D eigenvalue weighted by Crippen LogP contribution is 2.19. The molecule has 1 fully saturated rings. The van der Waals surface area contributed by atoms with Gasteiger partial charge in [-0.25, -0.2) is 9.13 Å². The van der Waals surface area contributed by atoms with Crippen LogP contribution >= 0.6 is 0 Å². The predicted molar refractivity (Wildman–Crippen MR) is 91.3 cm³/mol. The van der Waals surface area contributed by atoms with E-state index in [2.05, 4.69) is 42.0 Å². The fourth-order valence-corrected chi connectivity index (χ4v) is 3.68. The quantitative estimate of drug-likeness (QED) is 0.879. The first-order chi connectivity index (χ1) is 11.1. The van der Waals surface area contributed by atoms with Gasteiger partial charge in [0, 0.05) is 37.7 Å². The monoisotopic (exact) mass is 315 g/mol. The number of carbonyl (C=O) groups is 1. The molecule has 0 spiro atoms. The van der Waals surface area contributed by atoms with Crippen molar-refractivity contribution in [3.05, 3.63) is 29.6 Å². The van der Waals surface area contributed by atoms with E-state index in [0.29, 0.717) is 0 Å². The summed E-state index contributed by atoms with van der Waals surface area (Å²) < 4.78 is 4.58. The van der Waals surface area contributed by atoms with E-state index in [0.717, 1.165) is 50.1 Å². The number of fused-ring (bicyclic) bond motifs is 1. The normalized spacial score (nSPS) is 16.3. The van der Waals surface area contributed by atoms with E-state index in [1.165, 1.54) is 11.3 Å². The van der Waals surface area contributed by atoms with Gasteiger partial charge in [-0.2, -0.15) is 0 Å². The van der Waals surface area contributed by atoms with Crippen molar-refractivity contribution in [3.8, 4) is 0 Å². The zero-order valence-corrected chi connectivity index (χ0v) is 14.4. The van der Waals surface area contributed by atoms with Gasteiger partial charge in [0.1, 0.15) is 0 Å². The van der Waals surface area contributed by atoms with Crippen LogP contribution in [-0.2, 0) is 13.1 Å². The summed E-state index contributed by atoms with van der Waals surface area (Å²) in [5.74, 6) is 1.36. The molecule has 0 aliphatic carbocycles. The summed E-state index contributed by atoms with van der Waals surface area (Å²) in [5.41, 5.74) is 9.06. The average molecular weight is 315 g/mol. The molecule has 1 aliphatic rings. The van der Waals surface area contributed by atoms with E-state index in [-0.39, 0.29) is 11.9 Å². The average Bonchev–Trinajstić information content (AvgIpc) is 2.84. The van der Waals surface area contributed by atoms with Gasteiger partial charge < -0.3 is 10.6 Å². The van der Waals surface area contributed by atoms with E-state index < -0.39 is 0 Å². The van der Waals surface area contributed by atoms with Crippen LogP contribution in [0.5, 0.6) is 0 Å². The molecule has 0 unspecified atom stereocenters. The second-order valence-electron chi connectivity index (χ2n) is 6.37. The Labute approximate surface area is 137 Å². The molecule has 5 heteroatoms. The number of benzene rings is 1. The fraction of sp³-hybridized carbons (Fsp3) is 0.556. The largest absolute Gasteiger partial charge is 0.339 e. The maximum absolute atomic E-state index is 12.8. The Morgan fingerprint density at radius 3 is 2.61 bits per heavy atom. The number of aryl methyl sites for hydroxylation is 2. The van der Waals surface area contributed by atoms with E-state index in [4.69, 9.17) is 5.73 Å². The van der Waals surface area contributed by atoms with Gasteiger partial charge in [0.2, 0.25) is 0 Å². The minimum Gasteiger partial charge on any atom is -0.339 e. The number of piperidine rings is 1. The number of imidazole rings is 1. The van der Waals surface area contributed by atoms with Gasteiger partial charge in [0.25, 0.3) is 11.7 Å². The summed E-state index contributed by atoms with van der Waals surface area (Å²) in [6.45, 7) is 9.82. The molecule has 0 saturated carbocycles. The molecule has 2 heterocycles. The summed E-state index contributed by atoms with van der Waals surface area (Å²) in [4.78, 5) is 14.7. The highest BCUT2D eigenvalue weighted by Gasteiger charge is 2.25. The van der Waals surface area contributed by atoms with Gasteiger partial charge in [0.05, 0.1) is 13.1 Å². The summed E-state index contributed by atoms with van der Waals surface area (Å²) in [6.07, 6.45) is 1.79. The van der Waals surface area contributed by atoms with Crippen molar-refractivity contribution in [3.63, 3.8) is 0 Å². The first-order valence-corrected chi connectivity index (χ1v) is 8.64. The molecule has 1 aromatic carbocycles. The second kappa shape index (κ2) is 6.32. The van der Waals surface area contributed by atoms with E-state index >= 15 is 0 Å². The van der Waals surface area contributed by atoms with Crippen LogP contribution < -0.4 is 10.3 Å². The van der Waals surface area contributed by atoms with Crippen molar-refractivity contribution in [1.82, 2.24) is 9.47 Å². The van der Waals surface area contributed by atoms with Crippen LogP contribution in [0.4, 0.5) is 0 Å². The molecule has 1 aliphatic heterocycles. The number of nitrogens with zero attached hydrogens (tertiary/aromatic N) is 3. The Bertz CT molecular complexity index is 726. The van der Waals surface area contributed by atoms with Gasteiger partial charge in [-0.3, -0.25) is 4.79 Å². The molecule has 5 nitrogen and oxygen atoms in total. The van der Waals surface area contributed by atoms with Crippen molar-refractivity contribution in [2.24, 2.45) is 5.73 Å². The number of rotatable bonds is 3. The molecule has 0 atom stereocenters. The highest BCUT2D eigenvalue weighted by molar-refractivity contribution is 5.97. The van der Waals surface area contributed by atoms with Gasteiger partial charge in [-0.15, -0.1) is 0 Å². The maximum atomic E-state index is 12.8. The Hall–Kier alpha value is -1.88. The van der Waals surface area contributed by atoms with Crippen LogP contribution in [0.3, 0.4) is 0 Å². The molecule has 0 radical (unpaired) electrons. The lowest BCUT2D eigenvalue weighted by Crippen LogP contribution is -2.42. The smallest absolute Gasteiger partial charge is 0.254 e.